The lowest BCUT2D eigenvalue weighted by Crippen LogP contribution is -2.40. The van der Waals surface area contributed by atoms with Crippen molar-refractivity contribution in [1.82, 2.24) is 10.3 Å². The van der Waals surface area contributed by atoms with Crippen LogP contribution in [-0.4, -0.2) is 28.0 Å². The van der Waals surface area contributed by atoms with Crippen molar-refractivity contribution < 1.29 is 14.7 Å². The molecule has 2 unspecified atom stereocenters. The Balaban J connectivity index is 2.82. The molecular weight excluding hydrogens is 279 g/mol. The zero-order chi connectivity index (χ0) is 13.9. The average molecular weight is 291 g/mol. The number of pyridine rings is 1. The number of hydrogen-bond donors (Lipinski definition) is 2. The molecule has 2 atom stereocenters. The average Bonchev–Trinajstić information content (AvgIpc) is 2.30. The molecule has 1 rings (SSSR count). The Bertz CT molecular complexity index is 479. The van der Waals surface area contributed by atoms with Crippen molar-refractivity contribution in [2.24, 2.45) is 5.92 Å². The predicted molar refractivity (Wildman–Crippen MR) is 68.0 cm³/mol. The van der Waals surface area contributed by atoms with Crippen LogP contribution in [0.15, 0.2) is 12.1 Å². The van der Waals surface area contributed by atoms with E-state index in [-0.39, 0.29) is 15.9 Å². The maximum Gasteiger partial charge on any atom is 0.308 e. The Kier molecular flexibility index (Phi) is 4.93. The molecule has 1 amide bonds. The first kappa shape index (κ1) is 14.7. The Morgan fingerprint density at radius 1 is 1.33 bits per heavy atom. The van der Waals surface area contributed by atoms with E-state index in [1.165, 1.54) is 19.1 Å². The number of aromatic nitrogens is 1. The van der Waals surface area contributed by atoms with Crippen LogP contribution in [0.5, 0.6) is 0 Å². The standard InChI is InChI=1S/C11H12Cl2N2O3/c1-5(11(17)18)6(2)14-10(16)9-7(12)3-4-8(13)15-9/h3-6H,1-2H3,(H,14,16)(H,17,18). The van der Waals surface area contributed by atoms with E-state index in [4.69, 9.17) is 28.3 Å². The maximum atomic E-state index is 11.8. The molecule has 0 spiro atoms. The van der Waals surface area contributed by atoms with Gasteiger partial charge in [-0.1, -0.05) is 23.2 Å². The summed E-state index contributed by atoms with van der Waals surface area (Å²) >= 11 is 11.5. The van der Waals surface area contributed by atoms with E-state index >= 15 is 0 Å². The highest BCUT2D eigenvalue weighted by molar-refractivity contribution is 6.34. The summed E-state index contributed by atoms with van der Waals surface area (Å²) in [6.07, 6.45) is 0. The van der Waals surface area contributed by atoms with Gasteiger partial charge < -0.3 is 10.4 Å². The molecule has 0 bridgehead atoms. The highest BCUT2D eigenvalue weighted by Crippen LogP contribution is 2.17. The van der Waals surface area contributed by atoms with E-state index in [2.05, 4.69) is 10.3 Å². The fourth-order valence-corrected chi connectivity index (χ4v) is 1.53. The van der Waals surface area contributed by atoms with E-state index in [1.54, 1.807) is 6.92 Å². The van der Waals surface area contributed by atoms with Crippen molar-refractivity contribution in [3.8, 4) is 0 Å². The molecule has 1 aromatic heterocycles. The lowest BCUT2D eigenvalue weighted by Gasteiger charge is -2.17. The lowest BCUT2D eigenvalue weighted by atomic mass is 10.0. The molecule has 0 radical (unpaired) electrons. The second kappa shape index (κ2) is 6.02. The predicted octanol–water partition coefficient (Wildman–Crippen LogP) is 2.23. The summed E-state index contributed by atoms with van der Waals surface area (Å²) in [7, 11) is 0. The maximum absolute atomic E-state index is 11.8. The van der Waals surface area contributed by atoms with Crippen molar-refractivity contribution in [2.45, 2.75) is 19.9 Å². The molecule has 0 fully saturated rings. The van der Waals surface area contributed by atoms with Crippen LogP contribution in [0.25, 0.3) is 0 Å². The van der Waals surface area contributed by atoms with E-state index in [0.717, 1.165) is 0 Å². The minimum Gasteiger partial charge on any atom is -0.481 e. The molecule has 0 saturated carbocycles. The third kappa shape index (κ3) is 3.58. The number of carbonyl (C=O) groups is 2. The second-order valence-electron chi connectivity index (χ2n) is 3.85. The van der Waals surface area contributed by atoms with Gasteiger partial charge in [0.1, 0.15) is 10.8 Å². The summed E-state index contributed by atoms with van der Waals surface area (Å²) in [4.78, 5) is 26.4. The minimum absolute atomic E-state index is 0.0198. The summed E-state index contributed by atoms with van der Waals surface area (Å²) in [6, 6.07) is 2.37. The van der Waals surface area contributed by atoms with Crippen LogP contribution >= 0.6 is 23.2 Å². The molecule has 0 aliphatic carbocycles. The Morgan fingerprint density at radius 2 is 1.94 bits per heavy atom. The monoisotopic (exact) mass is 290 g/mol. The van der Waals surface area contributed by atoms with Crippen LogP contribution in [0.4, 0.5) is 0 Å². The van der Waals surface area contributed by atoms with Gasteiger partial charge in [-0.15, -0.1) is 0 Å². The van der Waals surface area contributed by atoms with Gasteiger partial charge in [0.25, 0.3) is 5.91 Å². The number of aliphatic carboxylic acids is 1. The van der Waals surface area contributed by atoms with Crippen LogP contribution < -0.4 is 5.32 Å². The normalized spacial score (nSPS) is 13.8. The van der Waals surface area contributed by atoms with E-state index in [0.29, 0.717) is 0 Å². The molecule has 0 saturated heterocycles. The summed E-state index contributed by atoms with van der Waals surface area (Å²) < 4.78 is 0. The third-order valence-electron chi connectivity index (χ3n) is 2.53. The van der Waals surface area contributed by atoms with Gasteiger partial charge in [-0.25, -0.2) is 4.98 Å². The highest BCUT2D eigenvalue weighted by Gasteiger charge is 2.23. The number of carbonyl (C=O) groups excluding carboxylic acids is 1. The summed E-state index contributed by atoms with van der Waals surface area (Å²) in [5, 5.41) is 11.6. The summed E-state index contributed by atoms with van der Waals surface area (Å²) in [5.41, 5.74) is -0.0198. The molecule has 98 valence electrons. The number of nitrogens with zero attached hydrogens (tertiary/aromatic N) is 1. The van der Waals surface area contributed by atoms with Crippen LogP contribution in [-0.2, 0) is 4.79 Å². The van der Waals surface area contributed by atoms with Crippen molar-refractivity contribution in [2.75, 3.05) is 0 Å². The number of hydrogen-bond acceptors (Lipinski definition) is 3. The van der Waals surface area contributed by atoms with E-state index < -0.39 is 23.8 Å². The van der Waals surface area contributed by atoms with Gasteiger partial charge in [0.05, 0.1) is 10.9 Å². The molecule has 0 aliphatic rings. The minimum atomic E-state index is -0.993. The van der Waals surface area contributed by atoms with Gasteiger partial charge in [0.15, 0.2) is 0 Å². The molecule has 0 aromatic carbocycles. The van der Waals surface area contributed by atoms with Crippen molar-refractivity contribution >= 4 is 35.1 Å². The number of nitrogens with one attached hydrogen (secondary N) is 1. The van der Waals surface area contributed by atoms with Gasteiger partial charge in [-0.05, 0) is 26.0 Å². The van der Waals surface area contributed by atoms with Crippen molar-refractivity contribution in [3.05, 3.63) is 28.0 Å². The van der Waals surface area contributed by atoms with Crippen LogP contribution in [0.2, 0.25) is 10.2 Å². The SMILES string of the molecule is CC(NC(=O)c1nc(Cl)ccc1Cl)C(C)C(=O)O. The topological polar surface area (TPSA) is 79.3 Å². The molecule has 1 heterocycles. The molecular formula is C11H12Cl2N2O3. The fraction of sp³-hybridized carbons (Fsp3) is 0.364. The van der Waals surface area contributed by atoms with Crippen molar-refractivity contribution in [3.63, 3.8) is 0 Å². The number of amides is 1. The molecule has 0 aliphatic heterocycles. The first-order chi connectivity index (χ1) is 8.32. The number of halogens is 2. The van der Waals surface area contributed by atoms with E-state index in [1.807, 2.05) is 0 Å². The van der Waals surface area contributed by atoms with Crippen LogP contribution in [0, 0.1) is 5.92 Å². The fourth-order valence-electron chi connectivity index (χ4n) is 1.19. The van der Waals surface area contributed by atoms with Gasteiger partial charge in [-0.3, -0.25) is 9.59 Å². The molecule has 5 nitrogen and oxygen atoms in total. The van der Waals surface area contributed by atoms with Gasteiger partial charge in [0, 0.05) is 6.04 Å². The summed E-state index contributed by atoms with van der Waals surface area (Å²) in [5.74, 6) is -2.26. The van der Waals surface area contributed by atoms with Gasteiger partial charge >= 0.3 is 5.97 Å². The Hall–Kier alpha value is -1.33. The molecule has 2 N–H and O–H groups in total. The lowest BCUT2D eigenvalue weighted by molar-refractivity contribution is -0.141. The third-order valence-corrected chi connectivity index (χ3v) is 3.04. The molecule has 7 heteroatoms. The second-order valence-corrected chi connectivity index (χ2v) is 4.65. The summed E-state index contributed by atoms with van der Waals surface area (Å²) in [6.45, 7) is 3.09. The number of carboxylic acids is 1. The Morgan fingerprint density at radius 3 is 2.50 bits per heavy atom. The van der Waals surface area contributed by atoms with Crippen LogP contribution in [0.3, 0.4) is 0 Å². The van der Waals surface area contributed by atoms with E-state index in [9.17, 15) is 9.59 Å². The van der Waals surface area contributed by atoms with Gasteiger partial charge in [-0.2, -0.15) is 0 Å². The zero-order valence-electron chi connectivity index (χ0n) is 9.78. The first-order valence-electron chi connectivity index (χ1n) is 5.18. The zero-order valence-corrected chi connectivity index (χ0v) is 11.3. The smallest absolute Gasteiger partial charge is 0.308 e. The quantitative estimate of drug-likeness (QED) is 0.834. The molecule has 18 heavy (non-hydrogen) atoms. The molecule has 1 aromatic rings. The number of rotatable bonds is 4. The Labute approximate surface area is 114 Å². The first-order valence-corrected chi connectivity index (χ1v) is 5.94. The van der Waals surface area contributed by atoms with Gasteiger partial charge in [0.2, 0.25) is 0 Å². The van der Waals surface area contributed by atoms with Crippen LogP contribution in [0.1, 0.15) is 24.3 Å². The van der Waals surface area contributed by atoms with Crippen molar-refractivity contribution in [1.29, 1.82) is 0 Å². The number of carboxylic acid groups (broad SMARTS) is 1. The largest absolute Gasteiger partial charge is 0.481 e. The highest BCUT2D eigenvalue weighted by atomic mass is 35.5.